The van der Waals surface area contributed by atoms with Crippen LogP contribution < -0.4 is 16.6 Å². The van der Waals surface area contributed by atoms with Crippen LogP contribution in [0.25, 0.3) is 0 Å². The molecule has 5 rings (SSSR count). The van der Waals surface area contributed by atoms with Crippen LogP contribution in [0.15, 0.2) is 101 Å². The number of ether oxygens (including phenoxy) is 5. The first-order chi connectivity index (χ1) is 23.2. The van der Waals surface area contributed by atoms with Crippen LogP contribution >= 0.6 is 0 Å². The first-order valence-electron chi connectivity index (χ1n) is 14.8. The summed E-state index contributed by atoms with van der Waals surface area (Å²) in [6.07, 6.45) is -5.96. The number of nitrogens with zero attached hydrogens (tertiary/aromatic N) is 2. The van der Waals surface area contributed by atoms with Gasteiger partial charge in [0.1, 0.15) is 19.3 Å². The lowest BCUT2D eigenvalue weighted by Gasteiger charge is -2.24. The molecule has 2 heterocycles. The maximum atomic E-state index is 13.3. The van der Waals surface area contributed by atoms with Crippen molar-refractivity contribution in [3.63, 3.8) is 0 Å². The van der Waals surface area contributed by atoms with Gasteiger partial charge in [-0.15, -0.1) is 5.10 Å². The monoisotopic (exact) mass is 658 g/mol. The van der Waals surface area contributed by atoms with Crippen molar-refractivity contribution in [2.24, 2.45) is 0 Å². The van der Waals surface area contributed by atoms with E-state index in [0.29, 0.717) is 4.68 Å². The highest BCUT2D eigenvalue weighted by Crippen LogP contribution is 2.34. The largest absolute Gasteiger partial charge is 0.465 e. The fraction of sp³-hybridized carbons (Fsp3) is 0.242. The van der Waals surface area contributed by atoms with E-state index in [2.05, 4.69) is 15.4 Å². The normalized spacial score (nSPS) is 18.4. The summed E-state index contributed by atoms with van der Waals surface area (Å²) >= 11 is 0. The van der Waals surface area contributed by atoms with E-state index in [-0.39, 0.29) is 23.3 Å². The van der Waals surface area contributed by atoms with Gasteiger partial charge in [0.15, 0.2) is 18.4 Å². The molecule has 0 bridgehead atoms. The number of esters is 4. The maximum Gasteiger partial charge on any atom is 0.347 e. The number of nitrogens with one attached hydrogen (secondary N) is 2. The highest BCUT2D eigenvalue weighted by Gasteiger charge is 2.52. The van der Waals surface area contributed by atoms with Gasteiger partial charge in [0, 0.05) is 0 Å². The Hall–Kier alpha value is -6.09. The summed E-state index contributed by atoms with van der Waals surface area (Å²) < 4.78 is 28.8. The van der Waals surface area contributed by atoms with Crippen molar-refractivity contribution in [2.75, 3.05) is 25.1 Å². The van der Waals surface area contributed by atoms with E-state index in [1.54, 1.807) is 61.5 Å². The van der Waals surface area contributed by atoms with E-state index >= 15 is 0 Å². The van der Waals surface area contributed by atoms with Crippen molar-refractivity contribution in [2.45, 2.75) is 31.5 Å². The Bertz CT molecular complexity index is 1860. The second kappa shape index (κ2) is 15.5. The number of aromatic amines is 1. The molecule has 0 aliphatic carbocycles. The smallest absolute Gasteiger partial charge is 0.347 e. The van der Waals surface area contributed by atoms with Crippen molar-refractivity contribution < 1.29 is 42.9 Å². The Kier molecular flexibility index (Phi) is 10.7. The molecule has 0 amide bonds. The van der Waals surface area contributed by atoms with Crippen LogP contribution in [0.2, 0.25) is 0 Å². The minimum atomic E-state index is -1.63. The number of hydrogen-bond acceptors (Lipinski definition) is 13. The predicted molar refractivity (Wildman–Crippen MR) is 166 cm³/mol. The minimum Gasteiger partial charge on any atom is -0.465 e. The van der Waals surface area contributed by atoms with Gasteiger partial charge in [-0.1, -0.05) is 54.6 Å². The first kappa shape index (κ1) is 33.3. The van der Waals surface area contributed by atoms with Crippen molar-refractivity contribution in [3.8, 4) is 0 Å². The van der Waals surface area contributed by atoms with E-state index in [1.165, 1.54) is 36.4 Å². The maximum absolute atomic E-state index is 13.3. The van der Waals surface area contributed by atoms with Gasteiger partial charge in [-0.25, -0.2) is 19.2 Å². The Morgan fingerprint density at radius 3 is 1.83 bits per heavy atom. The summed E-state index contributed by atoms with van der Waals surface area (Å²) in [7, 11) is 0. The summed E-state index contributed by atoms with van der Waals surface area (Å²) in [5.74, 6) is -3.58. The molecule has 1 aliphatic rings. The molecule has 4 atom stereocenters. The molecule has 0 unspecified atom stereocenters. The van der Waals surface area contributed by atoms with E-state index < -0.39 is 78.6 Å². The number of anilines is 1. The molecule has 0 radical (unpaired) electrons. The highest BCUT2D eigenvalue weighted by molar-refractivity contribution is 5.91. The number of rotatable bonds is 12. The van der Waals surface area contributed by atoms with Gasteiger partial charge in [-0.2, -0.15) is 4.68 Å². The summed E-state index contributed by atoms with van der Waals surface area (Å²) in [6.45, 7) is 0.720. The van der Waals surface area contributed by atoms with Crippen LogP contribution in [-0.2, 0) is 28.5 Å². The zero-order valence-corrected chi connectivity index (χ0v) is 25.5. The molecule has 48 heavy (non-hydrogen) atoms. The molecule has 1 fully saturated rings. The Morgan fingerprint density at radius 2 is 1.29 bits per heavy atom. The molecule has 4 aromatic rings. The van der Waals surface area contributed by atoms with Crippen molar-refractivity contribution in [1.29, 1.82) is 0 Å². The molecule has 2 N–H and O–H groups in total. The molecule has 1 aromatic heterocycles. The van der Waals surface area contributed by atoms with Crippen LogP contribution in [0.3, 0.4) is 0 Å². The predicted octanol–water partition coefficient (Wildman–Crippen LogP) is 2.11. The van der Waals surface area contributed by atoms with Crippen molar-refractivity contribution >= 4 is 29.7 Å². The van der Waals surface area contributed by atoms with Gasteiger partial charge < -0.3 is 29.0 Å². The summed E-state index contributed by atoms with van der Waals surface area (Å²) in [6, 6.07) is 23.9. The quantitative estimate of drug-likeness (QED) is 0.166. The third-order valence-electron chi connectivity index (χ3n) is 6.98. The Balaban J connectivity index is 1.53. The lowest BCUT2D eigenvalue weighted by molar-refractivity contribution is -0.140. The second-order valence-electron chi connectivity index (χ2n) is 10.2. The fourth-order valence-electron chi connectivity index (χ4n) is 4.72. The van der Waals surface area contributed by atoms with Crippen molar-refractivity contribution in [1.82, 2.24) is 14.8 Å². The minimum absolute atomic E-state index is 0.0908. The van der Waals surface area contributed by atoms with Gasteiger partial charge in [0.05, 0.1) is 23.3 Å². The van der Waals surface area contributed by atoms with E-state index in [0.717, 1.165) is 0 Å². The fourth-order valence-corrected chi connectivity index (χ4v) is 4.72. The molecule has 0 spiro atoms. The third-order valence-corrected chi connectivity index (χ3v) is 6.98. The Morgan fingerprint density at radius 1 is 0.771 bits per heavy atom. The molecule has 0 saturated carbocycles. The zero-order valence-electron chi connectivity index (χ0n) is 25.5. The lowest BCUT2D eigenvalue weighted by Crippen LogP contribution is -2.44. The van der Waals surface area contributed by atoms with Gasteiger partial charge >= 0.3 is 29.6 Å². The molecular weight excluding hydrogens is 628 g/mol. The van der Waals surface area contributed by atoms with Crippen LogP contribution in [0.4, 0.5) is 5.82 Å². The number of carbonyl (C=O) groups excluding carboxylic acids is 4. The summed E-state index contributed by atoms with van der Waals surface area (Å²) in [4.78, 5) is 79.2. The molecule has 15 nitrogen and oxygen atoms in total. The standard InChI is InChI=1S/C33H30N4O11/c1-2-44-24(38)18-34-27-28(39)35-33(43)37(36-27)29-26(48-32(42)22-16-10-5-11-17-22)25(47-31(41)21-14-8-4-9-15-21)23(46-29)19-45-30(40)20-12-6-3-7-13-20/h3-17,23,25-26,29H,2,18-19H2,1H3,(H,34,36)(H,35,39,43)/t23-,25+,26+,29-/m1/s1. The van der Waals surface area contributed by atoms with Crippen LogP contribution in [0.5, 0.6) is 0 Å². The number of carbonyl (C=O) groups is 4. The third kappa shape index (κ3) is 8.00. The zero-order chi connectivity index (χ0) is 34.0. The number of hydrogen-bond donors (Lipinski definition) is 2. The molecular formula is C33H30N4O11. The second-order valence-corrected chi connectivity index (χ2v) is 10.2. The topological polar surface area (TPSA) is 194 Å². The molecule has 15 heteroatoms. The van der Waals surface area contributed by atoms with Gasteiger partial charge in [0.25, 0.3) is 5.56 Å². The van der Waals surface area contributed by atoms with Gasteiger partial charge in [-0.3, -0.25) is 14.6 Å². The van der Waals surface area contributed by atoms with Gasteiger partial charge in [0.2, 0.25) is 5.82 Å². The number of H-pyrrole nitrogens is 1. The van der Waals surface area contributed by atoms with Gasteiger partial charge in [-0.05, 0) is 43.3 Å². The average molecular weight is 659 g/mol. The van der Waals surface area contributed by atoms with Crippen LogP contribution in [0.1, 0.15) is 44.2 Å². The number of benzene rings is 3. The molecule has 1 saturated heterocycles. The summed E-state index contributed by atoms with van der Waals surface area (Å²) in [5, 5.41) is 6.54. The average Bonchev–Trinajstić information content (AvgIpc) is 3.43. The molecule has 1 aliphatic heterocycles. The van der Waals surface area contributed by atoms with E-state index in [1.807, 2.05) is 0 Å². The highest BCUT2D eigenvalue weighted by atomic mass is 16.7. The Labute approximate surface area is 272 Å². The van der Waals surface area contributed by atoms with Crippen LogP contribution in [-0.4, -0.2) is 76.7 Å². The van der Waals surface area contributed by atoms with E-state index in [4.69, 9.17) is 23.7 Å². The van der Waals surface area contributed by atoms with Crippen molar-refractivity contribution in [3.05, 3.63) is 129 Å². The summed E-state index contributed by atoms with van der Waals surface area (Å²) in [5.41, 5.74) is -1.53. The molecule has 3 aromatic carbocycles. The van der Waals surface area contributed by atoms with E-state index in [9.17, 15) is 28.8 Å². The van der Waals surface area contributed by atoms with Crippen LogP contribution in [0, 0.1) is 0 Å². The lowest BCUT2D eigenvalue weighted by atomic mass is 10.1. The molecule has 248 valence electrons. The first-order valence-corrected chi connectivity index (χ1v) is 14.8. The SMILES string of the molecule is CCOC(=O)CNc1nn([C@@H]2O[C@H](COC(=O)c3ccccc3)[C@H](OC(=O)c3ccccc3)[C@@H]2OC(=O)c2ccccc2)c(=O)[nH]c1=O. The number of aromatic nitrogens is 3.